The maximum atomic E-state index is 6.33. The zero-order valence-corrected chi connectivity index (χ0v) is 12.8. The molecule has 1 aliphatic carbocycles. The van der Waals surface area contributed by atoms with Crippen LogP contribution < -0.4 is 5.32 Å². The van der Waals surface area contributed by atoms with Crippen molar-refractivity contribution in [1.82, 2.24) is 5.32 Å². The van der Waals surface area contributed by atoms with Gasteiger partial charge in [0, 0.05) is 13.2 Å². The molecule has 2 nitrogen and oxygen atoms in total. The normalized spacial score (nSPS) is 28.5. The predicted octanol–water partition coefficient (Wildman–Crippen LogP) is 4.14. The van der Waals surface area contributed by atoms with E-state index in [1.807, 2.05) is 0 Å². The molecule has 2 unspecified atom stereocenters. The summed E-state index contributed by atoms with van der Waals surface area (Å²) in [5.74, 6) is 0.827. The largest absolute Gasteiger partial charge is 0.374 e. The van der Waals surface area contributed by atoms with Crippen molar-refractivity contribution in [1.29, 1.82) is 0 Å². The third kappa shape index (κ3) is 5.71. The van der Waals surface area contributed by atoms with Crippen LogP contribution in [0.2, 0.25) is 0 Å². The Morgan fingerprint density at radius 3 is 2.72 bits per heavy atom. The average Bonchev–Trinajstić information content (AvgIpc) is 2.36. The molecule has 2 heteroatoms. The van der Waals surface area contributed by atoms with Crippen molar-refractivity contribution in [3.05, 3.63) is 0 Å². The minimum atomic E-state index is 0.139. The summed E-state index contributed by atoms with van der Waals surface area (Å²) in [6.07, 6.45) is 10.4. The van der Waals surface area contributed by atoms with Gasteiger partial charge in [-0.2, -0.15) is 0 Å². The van der Waals surface area contributed by atoms with Crippen LogP contribution in [-0.2, 0) is 4.74 Å². The number of nitrogens with one attached hydrogen (secondary N) is 1. The number of unbranched alkanes of at least 4 members (excludes halogenated alkanes) is 3. The third-order valence-corrected chi connectivity index (χ3v) is 4.15. The number of hydrogen-bond acceptors (Lipinski definition) is 2. The lowest BCUT2D eigenvalue weighted by Gasteiger charge is -2.40. The zero-order valence-electron chi connectivity index (χ0n) is 12.8. The van der Waals surface area contributed by atoms with E-state index < -0.39 is 0 Å². The molecule has 0 amide bonds. The molecule has 0 saturated heterocycles. The molecule has 0 aliphatic heterocycles. The molecule has 108 valence electrons. The Morgan fingerprint density at radius 2 is 2.06 bits per heavy atom. The van der Waals surface area contributed by atoms with E-state index in [1.54, 1.807) is 0 Å². The minimum absolute atomic E-state index is 0.139. The van der Waals surface area contributed by atoms with E-state index in [0.717, 1.165) is 25.6 Å². The molecule has 0 radical (unpaired) electrons. The second-order valence-corrected chi connectivity index (χ2v) is 6.07. The first-order valence-electron chi connectivity index (χ1n) is 8.07. The fourth-order valence-corrected chi connectivity index (χ4v) is 3.12. The lowest BCUT2D eigenvalue weighted by Crippen LogP contribution is -2.46. The topological polar surface area (TPSA) is 21.3 Å². The molecule has 0 aromatic carbocycles. The van der Waals surface area contributed by atoms with Crippen molar-refractivity contribution in [3.63, 3.8) is 0 Å². The lowest BCUT2D eigenvalue weighted by molar-refractivity contribution is -0.0801. The van der Waals surface area contributed by atoms with Gasteiger partial charge in [-0.15, -0.1) is 0 Å². The standard InChI is InChI=1S/C16H33NO/c1-4-6-7-8-12-18-16(14-17-5-2)11-9-10-15(3)13-16/h15,17H,4-14H2,1-3H3. The van der Waals surface area contributed by atoms with Crippen LogP contribution in [-0.4, -0.2) is 25.3 Å². The first kappa shape index (κ1) is 16.0. The summed E-state index contributed by atoms with van der Waals surface area (Å²) in [5.41, 5.74) is 0.139. The van der Waals surface area contributed by atoms with Gasteiger partial charge in [0.05, 0.1) is 5.60 Å². The van der Waals surface area contributed by atoms with Gasteiger partial charge < -0.3 is 10.1 Å². The van der Waals surface area contributed by atoms with Crippen molar-refractivity contribution in [2.45, 2.75) is 77.7 Å². The molecule has 18 heavy (non-hydrogen) atoms. The highest BCUT2D eigenvalue weighted by Crippen LogP contribution is 2.35. The number of rotatable bonds is 9. The molecule has 0 bridgehead atoms. The predicted molar refractivity (Wildman–Crippen MR) is 79.0 cm³/mol. The molecular formula is C16H33NO. The fraction of sp³-hybridized carbons (Fsp3) is 1.00. The highest BCUT2D eigenvalue weighted by atomic mass is 16.5. The summed E-state index contributed by atoms with van der Waals surface area (Å²) in [6.45, 7) is 9.87. The second kappa shape index (κ2) is 8.92. The molecule has 0 heterocycles. The molecule has 1 rings (SSSR count). The quantitative estimate of drug-likeness (QED) is 0.625. The summed E-state index contributed by atoms with van der Waals surface area (Å²) in [4.78, 5) is 0. The minimum Gasteiger partial charge on any atom is -0.374 e. The van der Waals surface area contributed by atoms with Crippen molar-refractivity contribution in [2.24, 2.45) is 5.92 Å². The summed E-state index contributed by atoms with van der Waals surface area (Å²) in [7, 11) is 0. The van der Waals surface area contributed by atoms with Crippen LogP contribution >= 0.6 is 0 Å². The van der Waals surface area contributed by atoms with Crippen molar-refractivity contribution in [2.75, 3.05) is 19.7 Å². The van der Waals surface area contributed by atoms with Gasteiger partial charge in [0.25, 0.3) is 0 Å². The van der Waals surface area contributed by atoms with E-state index >= 15 is 0 Å². The Kier molecular flexibility index (Phi) is 7.92. The fourth-order valence-electron chi connectivity index (χ4n) is 3.12. The van der Waals surface area contributed by atoms with Crippen molar-refractivity contribution in [3.8, 4) is 0 Å². The van der Waals surface area contributed by atoms with E-state index in [0.29, 0.717) is 0 Å². The maximum absolute atomic E-state index is 6.33. The van der Waals surface area contributed by atoms with Crippen LogP contribution in [0.4, 0.5) is 0 Å². The second-order valence-electron chi connectivity index (χ2n) is 6.07. The van der Waals surface area contributed by atoms with Crippen molar-refractivity contribution < 1.29 is 4.74 Å². The first-order valence-corrected chi connectivity index (χ1v) is 8.07. The van der Waals surface area contributed by atoms with Gasteiger partial charge >= 0.3 is 0 Å². The molecule has 2 atom stereocenters. The van der Waals surface area contributed by atoms with Crippen LogP contribution in [0.1, 0.15) is 72.1 Å². The van der Waals surface area contributed by atoms with Crippen LogP contribution in [0.3, 0.4) is 0 Å². The Balaban J connectivity index is 2.34. The maximum Gasteiger partial charge on any atom is 0.0808 e. The van der Waals surface area contributed by atoms with Gasteiger partial charge in [-0.25, -0.2) is 0 Å². The van der Waals surface area contributed by atoms with Crippen LogP contribution in [0.25, 0.3) is 0 Å². The van der Waals surface area contributed by atoms with Gasteiger partial charge in [0.1, 0.15) is 0 Å². The molecule has 1 aliphatic rings. The Bertz CT molecular complexity index is 207. The number of hydrogen-bond donors (Lipinski definition) is 1. The molecule has 1 N–H and O–H groups in total. The zero-order chi connectivity index (χ0) is 13.3. The van der Waals surface area contributed by atoms with E-state index in [2.05, 4.69) is 26.1 Å². The first-order chi connectivity index (χ1) is 8.72. The third-order valence-electron chi connectivity index (χ3n) is 4.15. The van der Waals surface area contributed by atoms with E-state index in [1.165, 1.54) is 51.4 Å². The van der Waals surface area contributed by atoms with Gasteiger partial charge in [0.15, 0.2) is 0 Å². The summed E-state index contributed by atoms with van der Waals surface area (Å²) >= 11 is 0. The van der Waals surface area contributed by atoms with Crippen LogP contribution in [0.5, 0.6) is 0 Å². The summed E-state index contributed by atoms with van der Waals surface area (Å²) in [5, 5.41) is 3.51. The van der Waals surface area contributed by atoms with Crippen molar-refractivity contribution >= 4 is 0 Å². The van der Waals surface area contributed by atoms with Gasteiger partial charge in [-0.1, -0.05) is 52.9 Å². The number of likely N-dealkylation sites (N-methyl/N-ethyl adjacent to an activating group) is 1. The highest BCUT2D eigenvalue weighted by Gasteiger charge is 2.35. The Hall–Kier alpha value is -0.0800. The molecular weight excluding hydrogens is 222 g/mol. The molecule has 0 spiro atoms. The Morgan fingerprint density at radius 1 is 1.22 bits per heavy atom. The SMILES string of the molecule is CCCCCCOC1(CNCC)CCCC(C)C1. The smallest absolute Gasteiger partial charge is 0.0808 e. The van der Waals surface area contributed by atoms with E-state index in [-0.39, 0.29) is 5.60 Å². The van der Waals surface area contributed by atoms with E-state index in [9.17, 15) is 0 Å². The van der Waals surface area contributed by atoms with Gasteiger partial charge in [-0.3, -0.25) is 0 Å². The van der Waals surface area contributed by atoms with E-state index in [4.69, 9.17) is 4.74 Å². The van der Waals surface area contributed by atoms with Crippen LogP contribution in [0.15, 0.2) is 0 Å². The number of ether oxygens (including phenoxy) is 1. The monoisotopic (exact) mass is 255 g/mol. The summed E-state index contributed by atoms with van der Waals surface area (Å²) in [6, 6.07) is 0. The highest BCUT2D eigenvalue weighted by molar-refractivity contribution is 4.89. The average molecular weight is 255 g/mol. The summed E-state index contributed by atoms with van der Waals surface area (Å²) < 4.78 is 6.33. The lowest BCUT2D eigenvalue weighted by atomic mass is 9.78. The van der Waals surface area contributed by atoms with Gasteiger partial charge in [-0.05, 0) is 31.7 Å². The molecule has 0 aromatic rings. The Labute approximate surface area is 114 Å². The molecule has 1 saturated carbocycles. The molecule has 1 fully saturated rings. The van der Waals surface area contributed by atoms with Crippen LogP contribution in [0, 0.1) is 5.92 Å². The van der Waals surface area contributed by atoms with Gasteiger partial charge in [0.2, 0.25) is 0 Å². The molecule has 0 aromatic heterocycles.